The van der Waals surface area contributed by atoms with Gasteiger partial charge in [-0.1, -0.05) is 15.9 Å². The predicted molar refractivity (Wildman–Crippen MR) is 75.9 cm³/mol. The first-order valence-corrected chi connectivity index (χ1v) is 6.48. The minimum atomic E-state index is 0. The molecule has 1 aliphatic rings. The van der Waals surface area contributed by atoms with Gasteiger partial charge in [-0.05, 0) is 44.1 Å². The number of hydrogen-bond acceptors (Lipinski definition) is 2. The second kappa shape index (κ2) is 5.38. The van der Waals surface area contributed by atoms with E-state index in [-0.39, 0.29) is 12.4 Å². The fourth-order valence-corrected chi connectivity index (χ4v) is 2.78. The predicted octanol–water partition coefficient (Wildman–Crippen LogP) is 3.21. The molecule has 2 aromatic rings. The Kier molecular flexibility index (Phi) is 4.07. The summed E-state index contributed by atoms with van der Waals surface area (Å²) in [6, 6.07) is 6.30. The molecule has 1 fully saturated rings. The summed E-state index contributed by atoms with van der Waals surface area (Å²) in [5, 5.41) is 12.3. The number of nitrogens with zero attached hydrogens (tertiary/aromatic N) is 1. The van der Waals surface area contributed by atoms with Crippen molar-refractivity contribution in [3.63, 3.8) is 0 Å². The van der Waals surface area contributed by atoms with Crippen LogP contribution in [0.5, 0.6) is 0 Å². The Labute approximate surface area is 115 Å². The van der Waals surface area contributed by atoms with Crippen LogP contribution in [0.25, 0.3) is 10.9 Å². The quantitative estimate of drug-likeness (QED) is 0.848. The van der Waals surface area contributed by atoms with Crippen LogP contribution in [-0.4, -0.2) is 23.3 Å². The van der Waals surface area contributed by atoms with Crippen LogP contribution in [0, 0.1) is 0 Å². The maximum atomic E-state index is 4.38. The van der Waals surface area contributed by atoms with E-state index >= 15 is 0 Å². The molecule has 1 aromatic heterocycles. The molecule has 3 rings (SSSR count). The zero-order valence-corrected chi connectivity index (χ0v) is 11.8. The van der Waals surface area contributed by atoms with Crippen LogP contribution in [0.15, 0.2) is 22.7 Å². The average molecular weight is 317 g/mol. The van der Waals surface area contributed by atoms with Gasteiger partial charge in [0.2, 0.25) is 0 Å². The summed E-state index contributed by atoms with van der Waals surface area (Å²) >= 11 is 3.47. The van der Waals surface area contributed by atoms with Crippen molar-refractivity contribution in [3.05, 3.63) is 28.4 Å². The molecule has 1 aliphatic heterocycles. The van der Waals surface area contributed by atoms with Crippen LogP contribution in [0.2, 0.25) is 0 Å². The van der Waals surface area contributed by atoms with Gasteiger partial charge in [-0.2, -0.15) is 5.10 Å². The van der Waals surface area contributed by atoms with Crippen molar-refractivity contribution in [1.82, 2.24) is 15.5 Å². The summed E-state index contributed by atoms with van der Waals surface area (Å²) in [4.78, 5) is 0. The first kappa shape index (κ1) is 12.9. The molecule has 0 amide bonds. The lowest BCUT2D eigenvalue weighted by Crippen LogP contribution is -2.26. The van der Waals surface area contributed by atoms with Gasteiger partial charge in [-0.3, -0.25) is 5.10 Å². The minimum absolute atomic E-state index is 0. The van der Waals surface area contributed by atoms with Gasteiger partial charge in [0.05, 0.1) is 5.52 Å². The summed E-state index contributed by atoms with van der Waals surface area (Å²) in [6.07, 6.45) is 2.40. The number of aromatic amines is 1. The molecular formula is C12H15BrClN3. The Bertz CT molecular complexity index is 505. The standard InChI is InChI=1S/C12H14BrN3.ClH/c13-9-1-2-10-11(7-9)15-16-12(10)8-3-5-14-6-4-8;/h1-2,7-8,14H,3-6H2,(H,15,16);1H. The smallest absolute Gasteiger partial charge is 0.0935 e. The maximum Gasteiger partial charge on any atom is 0.0935 e. The lowest BCUT2D eigenvalue weighted by atomic mass is 9.93. The van der Waals surface area contributed by atoms with E-state index in [1.54, 1.807) is 0 Å². The summed E-state index contributed by atoms with van der Waals surface area (Å²) in [5.41, 5.74) is 2.37. The first-order chi connectivity index (χ1) is 7.84. The fraction of sp³-hybridized carbons (Fsp3) is 0.417. The second-order valence-electron chi connectivity index (χ2n) is 4.32. The van der Waals surface area contributed by atoms with E-state index in [0.717, 1.165) is 23.1 Å². The molecule has 0 bridgehead atoms. The lowest BCUT2D eigenvalue weighted by molar-refractivity contribution is 0.454. The van der Waals surface area contributed by atoms with Crippen LogP contribution in [0.1, 0.15) is 24.5 Å². The Balaban J connectivity index is 0.00000108. The number of halogens is 2. The van der Waals surface area contributed by atoms with Crippen molar-refractivity contribution in [2.45, 2.75) is 18.8 Å². The molecule has 5 heteroatoms. The molecule has 2 N–H and O–H groups in total. The normalized spacial score (nSPS) is 17.0. The van der Waals surface area contributed by atoms with Crippen molar-refractivity contribution in [3.8, 4) is 0 Å². The second-order valence-corrected chi connectivity index (χ2v) is 5.24. The van der Waals surface area contributed by atoms with Gasteiger partial charge in [-0.15, -0.1) is 12.4 Å². The molecular weight excluding hydrogens is 302 g/mol. The Hall–Kier alpha value is -0.580. The summed E-state index contributed by atoms with van der Waals surface area (Å²) in [5.74, 6) is 0.632. The van der Waals surface area contributed by atoms with E-state index in [9.17, 15) is 0 Å². The van der Waals surface area contributed by atoms with Gasteiger partial charge in [0.1, 0.15) is 0 Å². The van der Waals surface area contributed by atoms with Crippen molar-refractivity contribution >= 4 is 39.2 Å². The van der Waals surface area contributed by atoms with Gasteiger partial charge in [0.25, 0.3) is 0 Å². The zero-order valence-electron chi connectivity index (χ0n) is 9.37. The first-order valence-electron chi connectivity index (χ1n) is 5.69. The fourth-order valence-electron chi connectivity index (χ4n) is 2.43. The van der Waals surface area contributed by atoms with Gasteiger partial charge in [0, 0.05) is 21.5 Å². The van der Waals surface area contributed by atoms with E-state index in [4.69, 9.17) is 0 Å². The van der Waals surface area contributed by atoms with Gasteiger partial charge in [-0.25, -0.2) is 0 Å². The topological polar surface area (TPSA) is 40.7 Å². The highest BCUT2D eigenvalue weighted by atomic mass is 79.9. The number of aromatic nitrogens is 2. The molecule has 1 aromatic carbocycles. The molecule has 0 atom stereocenters. The van der Waals surface area contributed by atoms with E-state index in [0.29, 0.717) is 5.92 Å². The molecule has 0 saturated carbocycles. The van der Waals surface area contributed by atoms with Gasteiger partial charge >= 0.3 is 0 Å². The number of benzene rings is 1. The Morgan fingerprint density at radius 1 is 1.24 bits per heavy atom. The number of rotatable bonds is 1. The summed E-state index contributed by atoms with van der Waals surface area (Å²) in [7, 11) is 0. The molecule has 0 unspecified atom stereocenters. The van der Waals surface area contributed by atoms with Gasteiger partial charge < -0.3 is 5.32 Å². The largest absolute Gasteiger partial charge is 0.317 e. The highest BCUT2D eigenvalue weighted by molar-refractivity contribution is 9.10. The highest BCUT2D eigenvalue weighted by Crippen LogP contribution is 2.30. The maximum absolute atomic E-state index is 4.38. The summed E-state index contributed by atoms with van der Waals surface area (Å²) in [6.45, 7) is 2.23. The van der Waals surface area contributed by atoms with Crippen LogP contribution >= 0.6 is 28.3 Å². The summed E-state index contributed by atoms with van der Waals surface area (Å²) < 4.78 is 1.09. The van der Waals surface area contributed by atoms with Crippen molar-refractivity contribution in [2.24, 2.45) is 0 Å². The lowest BCUT2D eigenvalue weighted by Gasteiger charge is -2.21. The van der Waals surface area contributed by atoms with E-state index in [1.807, 2.05) is 0 Å². The SMILES string of the molecule is Brc1ccc2c(C3CCNCC3)[nH]nc2c1.Cl. The number of nitrogens with one attached hydrogen (secondary N) is 2. The molecule has 17 heavy (non-hydrogen) atoms. The van der Waals surface area contributed by atoms with Crippen molar-refractivity contribution in [2.75, 3.05) is 13.1 Å². The van der Waals surface area contributed by atoms with Crippen LogP contribution in [-0.2, 0) is 0 Å². The van der Waals surface area contributed by atoms with Crippen LogP contribution < -0.4 is 5.32 Å². The van der Waals surface area contributed by atoms with Crippen LogP contribution in [0.3, 0.4) is 0 Å². The monoisotopic (exact) mass is 315 g/mol. The zero-order chi connectivity index (χ0) is 11.0. The number of fused-ring (bicyclic) bond motifs is 1. The molecule has 3 nitrogen and oxygen atoms in total. The molecule has 0 radical (unpaired) electrons. The number of piperidine rings is 1. The van der Waals surface area contributed by atoms with E-state index in [2.05, 4.69) is 49.6 Å². The third-order valence-electron chi connectivity index (χ3n) is 3.29. The third-order valence-corrected chi connectivity index (χ3v) is 3.79. The average Bonchev–Trinajstić information content (AvgIpc) is 2.73. The molecule has 0 aliphatic carbocycles. The third kappa shape index (κ3) is 2.49. The molecule has 2 heterocycles. The minimum Gasteiger partial charge on any atom is -0.317 e. The molecule has 92 valence electrons. The molecule has 1 saturated heterocycles. The van der Waals surface area contributed by atoms with Crippen LogP contribution in [0.4, 0.5) is 0 Å². The molecule has 0 spiro atoms. The van der Waals surface area contributed by atoms with Crippen molar-refractivity contribution < 1.29 is 0 Å². The van der Waals surface area contributed by atoms with E-state index < -0.39 is 0 Å². The highest BCUT2D eigenvalue weighted by Gasteiger charge is 2.19. The number of H-pyrrole nitrogens is 1. The Morgan fingerprint density at radius 3 is 2.76 bits per heavy atom. The van der Waals surface area contributed by atoms with Gasteiger partial charge in [0.15, 0.2) is 0 Å². The van der Waals surface area contributed by atoms with Crippen molar-refractivity contribution in [1.29, 1.82) is 0 Å². The number of hydrogen-bond donors (Lipinski definition) is 2. The van der Waals surface area contributed by atoms with E-state index in [1.165, 1.54) is 23.9 Å². The Morgan fingerprint density at radius 2 is 2.00 bits per heavy atom.